The van der Waals surface area contributed by atoms with E-state index in [-0.39, 0.29) is 12.1 Å². The van der Waals surface area contributed by atoms with Crippen molar-refractivity contribution < 1.29 is 4.79 Å². The van der Waals surface area contributed by atoms with Gasteiger partial charge in [-0.1, -0.05) is 46.1 Å². The third-order valence-electron chi connectivity index (χ3n) is 4.16. The maximum Gasteiger partial charge on any atom is 0.332 e. The Morgan fingerprint density at radius 2 is 1.68 bits per heavy atom. The fourth-order valence-electron chi connectivity index (χ4n) is 3.08. The molecular weight excluding hydrogens is 292 g/mol. The smallest absolute Gasteiger partial charge is 0.332 e. The number of thiol groups is 1. The molecule has 0 saturated carbocycles. The van der Waals surface area contributed by atoms with E-state index >= 15 is 0 Å². The minimum atomic E-state index is -0.140. The van der Waals surface area contributed by atoms with Gasteiger partial charge in [0.2, 0.25) is 0 Å². The molecule has 1 aromatic carbocycles. The summed E-state index contributed by atoms with van der Waals surface area (Å²) in [6.45, 7) is 12.6. The topological polar surface area (TPSA) is 32.3 Å². The quantitative estimate of drug-likeness (QED) is 0.711. The van der Waals surface area contributed by atoms with Crippen molar-refractivity contribution in [3.8, 4) is 0 Å². The van der Waals surface area contributed by atoms with Crippen LogP contribution in [-0.2, 0) is 12.8 Å². The molecule has 0 heterocycles. The van der Waals surface area contributed by atoms with E-state index in [0.29, 0.717) is 0 Å². The van der Waals surface area contributed by atoms with E-state index in [0.717, 1.165) is 31.4 Å². The van der Waals surface area contributed by atoms with Crippen molar-refractivity contribution in [2.24, 2.45) is 0 Å². The SMILES string of the molecule is CCCC(C)NC(=O)N(S)c1c(CC)c(C)cc(C)c1CC. The van der Waals surface area contributed by atoms with Crippen LogP contribution in [-0.4, -0.2) is 12.1 Å². The van der Waals surface area contributed by atoms with Gasteiger partial charge in [-0.3, -0.25) is 0 Å². The third kappa shape index (κ3) is 4.19. The van der Waals surface area contributed by atoms with Gasteiger partial charge in [0.15, 0.2) is 0 Å². The van der Waals surface area contributed by atoms with E-state index in [9.17, 15) is 4.79 Å². The van der Waals surface area contributed by atoms with Gasteiger partial charge in [-0.25, -0.2) is 9.10 Å². The first-order chi connectivity index (χ1) is 10.4. The van der Waals surface area contributed by atoms with Crippen molar-refractivity contribution >= 4 is 24.5 Å². The number of nitrogens with zero attached hydrogens (tertiary/aromatic N) is 1. The number of rotatable bonds is 6. The van der Waals surface area contributed by atoms with Crippen molar-refractivity contribution in [3.05, 3.63) is 28.3 Å². The minimum absolute atomic E-state index is 0.140. The summed E-state index contributed by atoms with van der Waals surface area (Å²) in [6, 6.07) is 2.23. The van der Waals surface area contributed by atoms with E-state index in [1.54, 1.807) is 0 Å². The van der Waals surface area contributed by atoms with Gasteiger partial charge in [0.1, 0.15) is 0 Å². The molecule has 3 nitrogen and oxygen atoms in total. The van der Waals surface area contributed by atoms with Crippen molar-refractivity contribution in [2.45, 2.75) is 73.3 Å². The first kappa shape index (κ1) is 18.9. The van der Waals surface area contributed by atoms with Gasteiger partial charge in [-0.15, -0.1) is 0 Å². The number of hydrogen-bond acceptors (Lipinski definition) is 2. The maximum absolute atomic E-state index is 12.5. The second kappa shape index (κ2) is 8.47. The predicted octanol–water partition coefficient (Wildman–Crippen LogP) is 4.98. The molecule has 0 radical (unpaired) electrons. The second-order valence-electron chi connectivity index (χ2n) is 5.97. The zero-order chi connectivity index (χ0) is 16.9. The van der Waals surface area contributed by atoms with Crippen LogP contribution in [0.25, 0.3) is 0 Å². The molecule has 22 heavy (non-hydrogen) atoms. The van der Waals surface area contributed by atoms with Crippen molar-refractivity contribution in [2.75, 3.05) is 4.31 Å². The molecule has 0 spiro atoms. The molecule has 0 aromatic heterocycles. The Labute approximate surface area is 141 Å². The van der Waals surface area contributed by atoms with Crippen LogP contribution in [0.5, 0.6) is 0 Å². The molecule has 1 N–H and O–H groups in total. The van der Waals surface area contributed by atoms with Crippen LogP contribution in [0, 0.1) is 13.8 Å². The molecule has 0 aliphatic heterocycles. The zero-order valence-electron chi connectivity index (χ0n) is 14.8. The van der Waals surface area contributed by atoms with Gasteiger partial charge in [0, 0.05) is 6.04 Å². The highest BCUT2D eigenvalue weighted by Crippen LogP contribution is 2.33. The van der Waals surface area contributed by atoms with Gasteiger partial charge in [-0.05, 0) is 62.3 Å². The number of amides is 2. The molecule has 0 saturated heterocycles. The number of carbonyl (C=O) groups excluding carboxylic acids is 1. The molecule has 1 aromatic rings. The summed E-state index contributed by atoms with van der Waals surface area (Å²) in [7, 11) is 0. The van der Waals surface area contributed by atoms with E-state index in [4.69, 9.17) is 0 Å². The van der Waals surface area contributed by atoms with Crippen LogP contribution in [0.3, 0.4) is 0 Å². The lowest BCUT2D eigenvalue weighted by atomic mass is 9.94. The molecule has 0 bridgehead atoms. The Morgan fingerprint density at radius 3 is 2.09 bits per heavy atom. The minimum Gasteiger partial charge on any atom is -0.335 e. The fourth-order valence-corrected chi connectivity index (χ4v) is 3.38. The Kier molecular flexibility index (Phi) is 7.27. The predicted molar refractivity (Wildman–Crippen MR) is 99.0 cm³/mol. The molecule has 1 rings (SSSR count). The van der Waals surface area contributed by atoms with Gasteiger partial charge < -0.3 is 5.32 Å². The number of carbonyl (C=O) groups is 1. The normalized spacial score (nSPS) is 12.1. The average molecular weight is 323 g/mol. The summed E-state index contributed by atoms with van der Waals surface area (Å²) in [6.07, 6.45) is 3.81. The lowest BCUT2D eigenvalue weighted by molar-refractivity contribution is 0.246. The molecule has 2 amide bonds. The number of benzene rings is 1. The Balaban J connectivity index is 3.20. The summed E-state index contributed by atoms with van der Waals surface area (Å²) in [5, 5.41) is 3.03. The van der Waals surface area contributed by atoms with Gasteiger partial charge >= 0.3 is 6.03 Å². The summed E-state index contributed by atoms with van der Waals surface area (Å²) < 4.78 is 1.50. The number of hydrogen-bond donors (Lipinski definition) is 2. The van der Waals surface area contributed by atoms with E-state index in [2.05, 4.69) is 58.8 Å². The average Bonchev–Trinajstić information content (AvgIpc) is 2.45. The standard InChI is InChI=1S/C18H30N2OS/c1-7-10-14(6)19-18(21)20(22)17-15(8-2)12(4)11-13(5)16(17)9-3/h11,14,22H,7-10H2,1-6H3,(H,19,21). The van der Waals surface area contributed by atoms with Gasteiger partial charge in [0.25, 0.3) is 0 Å². The van der Waals surface area contributed by atoms with Crippen LogP contribution in [0.2, 0.25) is 0 Å². The van der Waals surface area contributed by atoms with Gasteiger partial charge in [-0.2, -0.15) is 0 Å². The maximum atomic E-state index is 12.5. The lowest BCUT2D eigenvalue weighted by Gasteiger charge is -2.26. The van der Waals surface area contributed by atoms with Crippen molar-refractivity contribution in [3.63, 3.8) is 0 Å². The van der Waals surface area contributed by atoms with Gasteiger partial charge in [0.05, 0.1) is 5.69 Å². The summed E-state index contributed by atoms with van der Waals surface area (Å²) in [5.41, 5.74) is 5.82. The van der Waals surface area contributed by atoms with E-state index in [1.165, 1.54) is 26.6 Å². The summed E-state index contributed by atoms with van der Waals surface area (Å²) >= 11 is 4.52. The third-order valence-corrected chi connectivity index (χ3v) is 4.54. The highest BCUT2D eigenvalue weighted by molar-refractivity contribution is 7.82. The Hall–Kier alpha value is -1.16. The lowest BCUT2D eigenvalue weighted by Crippen LogP contribution is -2.40. The van der Waals surface area contributed by atoms with Crippen LogP contribution < -0.4 is 9.62 Å². The highest BCUT2D eigenvalue weighted by Gasteiger charge is 2.22. The van der Waals surface area contributed by atoms with Crippen LogP contribution >= 0.6 is 12.8 Å². The van der Waals surface area contributed by atoms with Crippen LogP contribution in [0.1, 0.15) is 62.8 Å². The fraction of sp³-hybridized carbons (Fsp3) is 0.611. The highest BCUT2D eigenvalue weighted by atomic mass is 32.1. The number of aryl methyl sites for hydroxylation is 2. The zero-order valence-corrected chi connectivity index (χ0v) is 15.7. The number of nitrogens with one attached hydrogen (secondary N) is 1. The Bertz CT molecular complexity index is 500. The van der Waals surface area contributed by atoms with Crippen LogP contribution in [0.4, 0.5) is 10.5 Å². The molecule has 1 atom stereocenters. The van der Waals surface area contributed by atoms with E-state index < -0.39 is 0 Å². The first-order valence-electron chi connectivity index (χ1n) is 8.28. The van der Waals surface area contributed by atoms with Crippen molar-refractivity contribution in [1.82, 2.24) is 5.32 Å². The summed E-state index contributed by atoms with van der Waals surface area (Å²) in [4.78, 5) is 12.5. The van der Waals surface area contributed by atoms with Crippen molar-refractivity contribution in [1.29, 1.82) is 0 Å². The largest absolute Gasteiger partial charge is 0.335 e. The van der Waals surface area contributed by atoms with E-state index in [1.807, 2.05) is 6.92 Å². The first-order valence-corrected chi connectivity index (χ1v) is 8.68. The summed E-state index contributed by atoms with van der Waals surface area (Å²) in [5.74, 6) is 0. The number of urea groups is 1. The molecule has 124 valence electrons. The molecule has 1 unspecified atom stereocenters. The van der Waals surface area contributed by atoms with Crippen LogP contribution in [0.15, 0.2) is 6.07 Å². The Morgan fingerprint density at radius 1 is 1.18 bits per heavy atom. The monoisotopic (exact) mass is 322 g/mol. The number of anilines is 1. The molecule has 0 aliphatic carbocycles. The molecule has 0 aliphatic rings. The molecule has 4 heteroatoms. The molecular formula is C18H30N2OS. The second-order valence-corrected chi connectivity index (χ2v) is 6.37. The molecule has 0 fully saturated rings.